The van der Waals surface area contributed by atoms with Gasteiger partial charge in [0.05, 0.1) is 12.2 Å². The van der Waals surface area contributed by atoms with E-state index in [9.17, 15) is 4.79 Å². The SMILES string of the molecule is O=C(CN1CCN(Cc2ccccc2)CC1)Nc1ccccc1Sc1ccc(Cl)cc1. The summed E-state index contributed by atoms with van der Waals surface area (Å²) in [7, 11) is 0. The summed E-state index contributed by atoms with van der Waals surface area (Å²) in [4.78, 5) is 19.5. The fraction of sp³-hybridized carbons (Fsp3) is 0.240. The molecule has 0 aromatic heterocycles. The van der Waals surface area contributed by atoms with Crippen LogP contribution in [0.2, 0.25) is 5.02 Å². The zero-order chi connectivity index (χ0) is 21.5. The first-order chi connectivity index (χ1) is 15.2. The molecule has 31 heavy (non-hydrogen) atoms. The molecule has 3 aromatic carbocycles. The fourth-order valence-corrected chi connectivity index (χ4v) is 4.66. The first-order valence-electron chi connectivity index (χ1n) is 10.5. The van der Waals surface area contributed by atoms with Crippen molar-refractivity contribution in [3.05, 3.63) is 89.4 Å². The Hall–Kier alpha value is -2.31. The molecule has 0 spiro atoms. The minimum absolute atomic E-state index is 0.0284. The van der Waals surface area contributed by atoms with Gasteiger partial charge >= 0.3 is 0 Å². The van der Waals surface area contributed by atoms with E-state index in [2.05, 4.69) is 39.4 Å². The lowest BCUT2D eigenvalue weighted by Crippen LogP contribution is -2.48. The van der Waals surface area contributed by atoms with Gasteiger partial charge in [0, 0.05) is 47.5 Å². The lowest BCUT2D eigenvalue weighted by molar-refractivity contribution is -0.117. The molecule has 1 saturated heterocycles. The second-order valence-corrected chi connectivity index (χ2v) is 9.19. The van der Waals surface area contributed by atoms with E-state index in [1.165, 1.54) is 5.56 Å². The Balaban J connectivity index is 1.28. The molecule has 160 valence electrons. The highest BCUT2D eigenvalue weighted by atomic mass is 35.5. The maximum atomic E-state index is 12.7. The first kappa shape index (κ1) is 21.9. The van der Waals surface area contributed by atoms with Crippen molar-refractivity contribution in [3.63, 3.8) is 0 Å². The van der Waals surface area contributed by atoms with E-state index in [0.29, 0.717) is 6.54 Å². The van der Waals surface area contributed by atoms with E-state index in [1.54, 1.807) is 11.8 Å². The summed E-state index contributed by atoms with van der Waals surface area (Å²) in [5, 5.41) is 3.82. The number of benzene rings is 3. The molecule has 1 N–H and O–H groups in total. The van der Waals surface area contributed by atoms with E-state index in [4.69, 9.17) is 11.6 Å². The van der Waals surface area contributed by atoms with Gasteiger partial charge in [-0.2, -0.15) is 0 Å². The highest BCUT2D eigenvalue weighted by molar-refractivity contribution is 7.99. The third kappa shape index (κ3) is 6.58. The van der Waals surface area contributed by atoms with Crippen molar-refractivity contribution in [2.75, 3.05) is 38.0 Å². The average Bonchev–Trinajstić information content (AvgIpc) is 2.79. The van der Waals surface area contributed by atoms with Crippen LogP contribution in [-0.4, -0.2) is 48.4 Å². The Morgan fingerprint density at radius 3 is 2.23 bits per heavy atom. The molecule has 6 heteroatoms. The number of carbonyl (C=O) groups is 1. The molecular formula is C25H26ClN3OS. The number of hydrogen-bond acceptors (Lipinski definition) is 4. The van der Waals surface area contributed by atoms with E-state index < -0.39 is 0 Å². The summed E-state index contributed by atoms with van der Waals surface area (Å²) in [6.07, 6.45) is 0. The van der Waals surface area contributed by atoms with Crippen LogP contribution >= 0.6 is 23.4 Å². The molecule has 0 radical (unpaired) electrons. The van der Waals surface area contributed by atoms with Gasteiger partial charge in [-0.15, -0.1) is 0 Å². The fourth-order valence-electron chi connectivity index (χ4n) is 3.63. The molecular weight excluding hydrogens is 426 g/mol. The largest absolute Gasteiger partial charge is 0.324 e. The van der Waals surface area contributed by atoms with Crippen molar-refractivity contribution in [3.8, 4) is 0 Å². The number of nitrogens with zero attached hydrogens (tertiary/aromatic N) is 2. The van der Waals surface area contributed by atoms with Crippen LogP contribution in [0, 0.1) is 0 Å². The van der Waals surface area contributed by atoms with Crippen molar-refractivity contribution in [1.82, 2.24) is 9.80 Å². The predicted molar refractivity (Wildman–Crippen MR) is 129 cm³/mol. The van der Waals surface area contributed by atoms with Crippen LogP contribution in [0.15, 0.2) is 88.7 Å². The lowest BCUT2D eigenvalue weighted by atomic mass is 10.2. The third-order valence-corrected chi connectivity index (χ3v) is 6.62. The van der Waals surface area contributed by atoms with Crippen molar-refractivity contribution >= 4 is 35.0 Å². The standard InChI is InChI=1S/C25H26ClN3OS/c26-21-10-12-22(13-11-21)31-24-9-5-4-8-23(24)27-25(30)19-29-16-14-28(15-17-29)18-20-6-2-1-3-7-20/h1-13H,14-19H2,(H,27,30). The Kier molecular flexibility index (Phi) is 7.65. The summed E-state index contributed by atoms with van der Waals surface area (Å²) in [6, 6.07) is 26.2. The minimum atomic E-state index is 0.0284. The number of para-hydroxylation sites is 1. The molecule has 1 heterocycles. The van der Waals surface area contributed by atoms with E-state index in [1.807, 2.05) is 54.6 Å². The number of carbonyl (C=O) groups excluding carboxylic acids is 1. The van der Waals surface area contributed by atoms with Crippen molar-refractivity contribution < 1.29 is 4.79 Å². The normalized spacial score (nSPS) is 15.0. The zero-order valence-electron chi connectivity index (χ0n) is 17.3. The van der Waals surface area contributed by atoms with E-state index in [-0.39, 0.29) is 5.91 Å². The number of anilines is 1. The Bertz CT molecular complexity index is 989. The molecule has 1 aliphatic heterocycles. The summed E-state index contributed by atoms with van der Waals surface area (Å²) >= 11 is 7.60. The second-order valence-electron chi connectivity index (χ2n) is 7.64. The molecule has 1 amide bonds. The van der Waals surface area contributed by atoms with Gasteiger partial charge in [0.2, 0.25) is 5.91 Å². The number of piperazine rings is 1. The molecule has 3 aromatic rings. The van der Waals surface area contributed by atoms with Crippen molar-refractivity contribution in [2.24, 2.45) is 0 Å². The molecule has 0 atom stereocenters. The molecule has 1 aliphatic rings. The average molecular weight is 452 g/mol. The van der Waals surface area contributed by atoms with Gasteiger partial charge in [-0.05, 0) is 42.0 Å². The minimum Gasteiger partial charge on any atom is -0.324 e. The topological polar surface area (TPSA) is 35.6 Å². The van der Waals surface area contributed by atoms with Gasteiger partial charge in [0.1, 0.15) is 0 Å². The molecule has 4 nitrogen and oxygen atoms in total. The molecule has 0 saturated carbocycles. The lowest BCUT2D eigenvalue weighted by Gasteiger charge is -2.34. The van der Waals surface area contributed by atoms with Crippen LogP contribution in [0.4, 0.5) is 5.69 Å². The Labute approximate surface area is 193 Å². The van der Waals surface area contributed by atoms with Gasteiger partial charge < -0.3 is 5.32 Å². The second kappa shape index (κ2) is 10.8. The predicted octanol–water partition coefficient (Wildman–Crippen LogP) is 5.25. The van der Waals surface area contributed by atoms with E-state index >= 15 is 0 Å². The third-order valence-electron chi connectivity index (χ3n) is 5.28. The van der Waals surface area contributed by atoms with Crippen LogP contribution in [0.25, 0.3) is 0 Å². The highest BCUT2D eigenvalue weighted by Crippen LogP contribution is 2.33. The maximum Gasteiger partial charge on any atom is 0.238 e. The smallest absolute Gasteiger partial charge is 0.238 e. The van der Waals surface area contributed by atoms with Gasteiger partial charge in [0.15, 0.2) is 0 Å². The number of halogens is 1. The summed E-state index contributed by atoms with van der Waals surface area (Å²) in [5.41, 5.74) is 2.18. The van der Waals surface area contributed by atoms with Gasteiger partial charge in [-0.1, -0.05) is 65.8 Å². The number of hydrogen-bond donors (Lipinski definition) is 1. The number of rotatable bonds is 7. The van der Waals surface area contributed by atoms with Crippen LogP contribution in [0.3, 0.4) is 0 Å². The van der Waals surface area contributed by atoms with Crippen LogP contribution < -0.4 is 5.32 Å². The number of amides is 1. The monoisotopic (exact) mass is 451 g/mol. The zero-order valence-corrected chi connectivity index (χ0v) is 18.9. The Morgan fingerprint density at radius 2 is 1.48 bits per heavy atom. The maximum absolute atomic E-state index is 12.7. The molecule has 0 unspecified atom stereocenters. The molecule has 0 aliphatic carbocycles. The van der Waals surface area contributed by atoms with Gasteiger partial charge in [-0.25, -0.2) is 0 Å². The van der Waals surface area contributed by atoms with Crippen molar-refractivity contribution in [2.45, 2.75) is 16.3 Å². The molecule has 1 fully saturated rings. The summed E-state index contributed by atoms with van der Waals surface area (Å²) < 4.78 is 0. The van der Waals surface area contributed by atoms with Crippen LogP contribution in [0.5, 0.6) is 0 Å². The quantitative estimate of drug-likeness (QED) is 0.532. The molecule has 4 rings (SSSR count). The van der Waals surface area contributed by atoms with Crippen molar-refractivity contribution in [1.29, 1.82) is 0 Å². The summed E-state index contributed by atoms with van der Waals surface area (Å²) in [5.74, 6) is 0.0284. The highest BCUT2D eigenvalue weighted by Gasteiger charge is 2.19. The van der Waals surface area contributed by atoms with Gasteiger partial charge in [0.25, 0.3) is 0 Å². The van der Waals surface area contributed by atoms with Crippen LogP contribution in [-0.2, 0) is 11.3 Å². The van der Waals surface area contributed by atoms with Gasteiger partial charge in [-0.3, -0.25) is 14.6 Å². The summed E-state index contributed by atoms with van der Waals surface area (Å²) in [6.45, 7) is 5.15. The van der Waals surface area contributed by atoms with E-state index in [0.717, 1.165) is 53.2 Å². The Morgan fingerprint density at radius 1 is 0.839 bits per heavy atom. The first-order valence-corrected chi connectivity index (χ1v) is 11.7. The molecule has 0 bridgehead atoms. The van der Waals surface area contributed by atoms with Crippen LogP contribution in [0.1, 0.15) is 5.56 Å². The number of nitrogens with one attached hydrogen (secondary N) is 1.